The molecule has 0 fully saturated rings. The lowest BCUT2D eigenvalue weighted by molar-refractivity contribution is -0.0292. The monoisotopic (exact) mass is 210 g/mol. The van der Waals surface area contributed by atoms with E-state index in [0.29, 0.717) is 0 Å². The van der Waals surface area contributed by atoms with E-state index in [4.69, 9.17) is 21.1 Å². The molecule has 0 N–H and O–H groups in total. The van der Waals surface area contributed by atoms with Gasteiger partial charge >= 0.3 is 0 Å². The maximum Gasteiger partial charge on any atom is 0.244 e. The third kappa shape index (κ3) is 2.20. The topological polar surface area (TPSA) is 18.5 Å². The van der Waals surface area contributed by atoms with Crippen LogP contribution in [0, 0.1) is 0 Å². The van der Waals surface area contributed by atoms with E-state index < -0.39 is 0 Å². The van der Waals surface area contributed by atoms with Gasteiger partial charge in [0, 0.05) is 11.4 Å². The average molecular weight is 211 g/mol. The van der Waals surface area contributed by atoms with Crippen LogP contribution in [-0.4, -0.2) is 6.29 Å². The van der Waals surface area contributed by atoms with Crippen molar-refractivity contribution in [2.75, 3.05) is 0 Å². The summed E-state index contributed by atoms with van der Waals surface area (Å²) >= 11 is 5.78. The molecule has 0 saturated carbocycles. The van der Waals surface area contributed by atoms with Crippen LogP contribution in [0.25, 0.3) is 0 Å². The van der Waals surface area contributed by atoms with Crippen molar-refractivity contribution in [2.24, 2.45) is 0 Å². The van der Waals surface area contributed by atoms with Gasteiger partial charge in [0.15, 0.2) is 0 Å². The summed E-state index contributed by atoms with van der Waals surface area (Å²) in [4.78, 5) is 0. The predicted octanol–water partition coefficient (Wildman–Crippen LogP) is 3.12. The van der Waals surface area contributed by atoms with Gasteiger partial charge in [-0.05, 0) is 24.6 Å². The molecule has 1 atom stereocenters. The Kier molecular flexibility index (Phi) is 2.64. The largest absolute Gasteiger partial charge is 0.459 e. The molecule has 3 heteroatoms. The van der Waals surface area contributed by atoms with Gasteiger partial charge in [-0.25, -0.2) is 0 Å². The predicted molar refractivity (Wildman–Crippen MR) is 54.9 cm³/mol. The molecule has 1 aromatic carbocycles. The Bertz CT molecular complexity index is 343. The van der Waals surface area contributed by atoms with Crippen LogP contribution in [0.5, 0.6) is 0 Å². The average Bonchev–Trinajstić information content (AvgIpc) is 2.56. The van der Waals surface area contributed by atoms with Crippen LogP contribution in [0.15, 0.2) is 36.3 Å². The number of allylic oxidation sites excluding steroid dienone is 1. The number of rotatable bonds is 2. The number of ether oxygens (including phenoxy) is 2. The van der Waals surface area contributed by atoms with Crippen LogP contribution >= 0.6 is 11.6 Å². The molecule has 74 valence electrons. The van der Waals surface area contributed by atoms with Crippen LogP contribution in [0.2, 0.25) is 5.02 Å². The SMILES string of the molecule is CC1=COC(Cc2ccc(Cl)cc2)O1. The third-order valence-corrected chi connectivity index (χ3v) is 2.27. The number of hydrogen-bond donors (Lipinski definition) is 0. The van der Waals surface area contributed by atoms with Crippen molar-refractivity contribution >= 4 is 11.6 Å². The van der Waals surface area contributed by atoms with Gasteiger partial charge in [0.25, 0.3) is 0 Å². The molecule has 1 aliphatic heterocycles. The Hall–Kier alpha value is -1.15. The molecule has 0 aliphatic carbocycles. The first-order valence-corrected chi connectivity index (χ1v) is 4.85. The molecular weight excluding hydrogens is 200 g/mol. The molecule has 0 bridgehead atoms. The molecule has 1 heterocycles. The van der Waals surface area contributed by atoms with Crippen molar-refractivity contribution in [3.8, 4) is 0 Å². The summed E-state index contributed by atoms with van der Waals surface area (Å²) in [7, 11) is 0. The quantitative estimate of drug-likeness (QED) is 0.747. The van der Waals surface area contributed by atoms with Gasteiger partial charge in [-0.3, -0.25) is 0 Å². The molecule has 0 spiro atoms. The zero-order valence-corrected chi connectivity index (χ0v) is 8.62. The Morgan fingerprint density at radius 2 is 2.00 bits per heavy atom. The van der Waals surface area contributed by atoms with E-state index in [0.717, 1.165) is 22.8 Å². The molecule has 2 nitrogen and oxygen atoms in total. The number of hydrogen-bond acceptors (Lipinski definition) is 2. The number of halogens is 1. The Balaban J connectivity index is 1.95. The highest BCUT2D eigenvalue weighted by molar-refractivity contribution is 6.30. The molecule has 2 rings (SSSR count). The van der Waals surface area contributed by atoms with E-state index in [1.807, 2.05) is 31.2 Å². The molecule has 0 radical (unpaired) electrons. The van der Waals surface area contributed by atoms with Crippen molar-refractivity contribution in [2.45, 2.75) is 19.6 Å². The van der Waals surface area contributed by atoms with Crippen molar-refractivity contribution in [3.05, 3.63) is 46.9 Å². The maximum absolute atomic E-state index is 5.78. The minimum atomic E-state index is -0.184. The van der Waals surface area contributed by atoms with Gasteiger partial charge in [-0.15, -0.1) is 0 Å². The summed E-state index contributed by atoms with van der Waals surface area (Å²) < 4.78 is 10.7. The van der Waals surface area contributed by atoms with Crippen molar-refractivity contribution in [3.63, 3.8) is 0 Å². The minimum Gasteiger partial charge on any atom is -0.459 e. The second-order valence-corrected chi connectivity index (χ2v) is 3.68. The van der Waals surface area contributed by atoms with Gasteiger partial charge in [0.1, 0.15) is 12.0 Å². The lowest BCUT2D eigenvalue weighted by Gasteiger charge is -2.10. The summed E-state index contributed by atoms with van der Waals surface area (Å²) in [5.74, 6) is 0.823. The second kappa shape index (κ2) is 3.93. The first-order chi connectivity index (χ1) is 6.74. The van der Waals surface area contributed by atoms with E-state index in [1.165, 1.54) is 0 Å². The molecule has 1 unspecified atom stereocenters. The smallest absolute Gasteiger partial charge is 0.244 e. The van der Waals surface area contributed by atoms with E-state index in [-0.39, 0.29) is 6.29 Å². The van der Waals surface area contributed by atoms with E-state index in [9.17, 15) is 0 Å². The standard InChI is InChI=1S/C11H11ClO2/c1-8-7-13-11(14-8)6-9-2-4-10(12)5-3-9/h2-5,7,11H,6H2,1H3. The fraction of sp³-hybridized carbons (Fsp3) is 0.273. The van der Waals surface area contributed by atoms with Crippen LogP contribution in [-0.2, 0) is 15.9 Å². The first-order valence-electron chi connectivity index (χ1n) is 4.47. The van der Waals surface area contributed by atoms with Crippen LogP contribution in [0.1, 0.15) is 12.5 Å². The van der Waals surface area contributed by atoms with Gasteiger partial charge in [0.2, 0.25) is 6.29 Å². The first kappa shape index (κ1) is 9.41. The summed E-state index contributed by atoms with van der Waals surface area (Å²) in [5, 5.41) is 0.747. The molecule has 0 saturated heterocycles. The zero-order valence-electron chi connectivity index (χ0n) is 7.87. The van der Waals surface area contributed by atoms with Crippen LogP contribution in [0.3, 0.4) is 0 Å². The highest BCUT2D eigenvalue weighted by Gasteiger charge is 2.16. The fourth-order valence-electron chi connectivity index (χ4n) is 1.34. The van der Waals surface area contributed by atoms with Crippen LogP contribution < -0.4 is 0 Å². The van der Waals surface area contributed by atoms with Gasteiger partial charge in [-0.2, -0.15) is 0 Å². The summed E-state index contributed by atoms with van der Waals surface area (Å²) in [6.45, 7) is 1.88. The van der Waals surface area contributed by atoms with Crippen molar-refractivity contribution in [1.29, 1.82) is 0 Å². The molecule has 14 heavy (non-hydrogen) atoms. The minimum absolute atomic E-state index is 0.184. The molecule has 0 aromatic heterocycles. The summed E-state index contributed by atoms with van der Waals surface area (Å²) in [6, 6.07) is 7.68. The van der Waals surface area contributed by atoms with Gasteiger partial charge in [-0.1, -0.05) is 23.7 Å². The highest BCUT2D eigenvalue weighted by Crippen LogP contribution is 2.18. The highest BCUT2D eigenvalue weighted by atomic mass is 35.5. The molecule has 1 aromatic rings. The van der Waals surface area contributed by atoms with E-state index in [1.54, 1.807) is 6.26 Å². The van der Waals surface area contributed by atoms with Gasteiger partial charge < -0.3 is 9.47 Å². The number of benzene rings is 1. The molecule has 1 aliphatic rings. The zero-order chi connectivity index (χ0) is 9.97. The third-order valence-electron chi connectivity index (χ3n) is 2.02. The Morgan fingerprint density at radius 3 is 2.57 bits per heavy atom. The van der Waals surface area contributed by atoms with Crippen molar-refractivity contribution in [1.82, 2.24) is 0 Å². The molecular formula is C11H11ClO2. The lowest BCUT2D eigenvalue weighted by Crippen LogP contribution is -2.11. The molecule has 0 amide bonds. The lowest BCUT2D eigenvalue weighted by atomic mass is 10.1. The summed E-state index contributed by atoms with van der Waals surface area (Å²) in [6.07, 6.45) is 2.20. The normalized spacial score (nSPS) is 19.9. The van der Waals surface area contributed by atoms with Crippen LogP contribution in [0.4, 0.5) is 0 Å². The van der Waals surface area contributed by atoms with E-state index >= 15 is 0 Å². The maximum atomic E-state index is 5.78. The Labute approximate surface area is 88.1 Å². The fourth-order valence-corrected chi connectivity index (χ4v) is 1.46. The van der Waals surface area contributed by atoms with E-state index in [2.05, 4.69) is 0 Å². The van der Waals surface area contributed by atoms with Gasteiger partial charge in [0.05, 0.1) is 0 Å². The second-order valence-electron chi connectivity index (χ2n) is 3.24. The van der Waals surface area contributed by atoms with Crippen molar-refractivity contribution < 1.29 is 9.47 Å². The summed E-state index contributed by atoms with van der Waals surface area (Å²) in [5.41, 5.74) is 1.16. The Morgan fingerprint density at radius 1 is 1.29 bits per heavy atom.